The third kappa shape index (κ3) is 4.07. The number of carbonyl (C=O) groups is 1. The standard InChI is InChI=1S/C23H25N5O2S/c1-4-15(3)24-20(29)14-31-23-26-25-22-27(17-12-10-16(5-2)11-13-17)21(30)18-8-6-7-9-19(18)28(22)23/h6-13,15H,4-5,14H2,1-3H3,(H,24,29). The molecule has 0 aliphatic carbocycles. The molecule has 2 heterocycles. The van der Waals surface area contributed by atoms with Crippen LogP contribution in [0, 0.1) is 0 Å². The van der Waals surface area contributed by atoms with Gasteiger partial charge in [0.25, 0.3) is 5.56 Å². The molecule has 0 saturated heterocycles. The number of carbonyl (C=O) groups excluding carboxylic acids is 1. The first-order valence-electron chi connectivity index (χ1n) is 10.4. The maximum absolute atomic E-state index is 13.3. The van der Waals surface area contributed by atoms with Crippen molar-refractivity contribution in [3.8, 4) is 5.69 Å². The Morgan fingerprint density at radius 2 is 1.84 bits per heavy atom. The van der Waals surface area contributed by atoms with E-state index in [1.54, 1.807) is 10.6 Å². The zero-order valence-corrected chi connectivity index (χ0v) is 18.6. The molecule has 0 spiro atoms. The van der Waals surface area contributed by atoms with Gasteiger partial charge in [0.2, 0.25) is 11.7 Å². The van der Waals surface area contributed by atoms with Crippen LogP contribution in [0.25, 0.3) is 22.4 Å². The molecule has 4 aromatic rings. The first-order chi connectivity index (χ1) is 15.0. The van der Waals surface area contributed by atoms with Crippen molar-refractivity contribution in [3.05, 3.63) is 64.4 Å². The van der Waals surface area contributed by atoms with Gasteiger partial charge in [0.05, 0.1) is 22.3 Å². The zero-order chi connectivity index (χ0) is 22.0. The summed E-state index contributed by atoms with van der Waals surface area (Å²) in [5.41, 5.74) is 2.50. The Balaban J connectivity index is 1.83. The van der Waals surface area contributed by atoms with E-state index in [9.17, 15) is 9.59 Å². The number of para-hydroxylation sites is 1. The highest BCUT2D eigenvalue weighted by Gasteiger charge is 2.18. The van der Waals surface area contributed by atoms with Crippen LogP contribution in [0.15, 0.2) is 58.5 Å². The highest BCUT2D eigenvalue weighted by molar-refractivity contribution is 7.99. The Labute approximate surface area is 184 Å². The third-order valence-corrected chi connectivity index (χ3v) is 6.28. The van der Waals surface area contributed by atoms with E-state index in [4.69, 9.17) is 0 Å². The minimum atomic E-state index is -0.147. The minimum absolute atomic E-state index is 0.0520. The van der Waals surface area contributed by atoms with Gasteiger partial charge >= 0.3 is 0 Å². The summed E-state index contributed by atoms with van der Waals surface area (Å²) >= 11 is 1.31. The average molecular weight is 436 g/mol. The number of hydrogen-bond donors (Lipinski definition) is 1. The van der Waals surface area contributed by atoms with E-state index in [2.05, 4.69) is 22.4 Å². The number of thioether (sulfide) groups is 1. The van der Waals surface area contributed by atoms with Gasteiger partial charge in [-0.2, -0.15) is 0 Å². The molecule has 2 aromatic heterocycles. The molecule has 0 fully saturated rings. The van der Waals surface area contributed by atoms with E-state index < -0.39 is 0 Å². The molecule has 0 aliphatic heterocycles. The van der Waals surface area contributed by atoms with Crippen LogP contribution in [0.1, 0.15) is 32.8 Å². The van der Waals surface area contributed by atoms with Gasteiger partial charge in [-0.1, -0.05) is 49.9 Å². The summed E-state index contributed by atoms with van der Waals surface area (Å²) in [4.78, 5) is 25.6. The largest absolute Gasteiger partial charge is 0.353 e. The monoisotopic (exact) mass is 435 g/mol. The van der Waals surface area contributed by atoms with Crippen LogP contribution in [0.3, 0.4) is 0 Å². The molecule has 0 aliphatic rings. The molecular weight excluding hydrogens is 410 g/mol. The molecule has 0 radical (unpaired) electrons. The molecule has 0 bridgehead atoms. The summed E-state index contributed by atoms with van der Waals surface area (Å²) in [5.74, 6) is 0.603. The van der Waals surface area contributed by atoms with Gasteiger partial charge in [-0.05, 0) is 49.6 Å². The first-order valence-corrected chi connectivity index (χ1v) is 11.4. The van der Waals surface area contributed by atoms with Crippen LogP contribution in [-0.2, 0) is 11.2 Å². The highest BCUT2D eigenvalue weighted by atomic mass is 32.2. The molecule has 1 amide bonds. The fourth-order valence-electron chi connectivity index (χ4n) is 3.43. The number of fused-ring (bicyclic) bond motifs is 3. The number of rotatable bonds is 7. The lowest BCUT2D eigenvalue weighted by atomic mass is 10.1. The Bertz CT molecular complexity index is 1290. The van der Waals surface area contributed by atoms with Crippen LogP contribution in [-0.4, -0.2) is 36.9 Å². The number of aromatic nitrogens is 4. The smallest absolute Gasteiger partial charge is 0.267 e. The van der Waals surface area contributed by atoms with Crippen molar-refractivity contribution < 1.29 is 4.79 Å². The molecule has 160 valence electrons. The van der Waals surface area contributed by atoms with Gasteiger partial charge in [0.1, 0.15) is 0 Å². The fraction of sp³-hybridized carbons (Fsp3) is 0.304. The van der Waals surface area contributed by atoms with E-state index in [0.717, 1.165) is 24.0 Å². The fourth-order valence-corrected chi connectivity index (χ4v) is 4.19. The number of hydrogen-bond acceptors (Lipinski definition) is 5. The molecule has 1 N–H and O–H groups in total. The van der Waals surface area contributed by atoms with Gasteiger partial charge in [-0.15, -0.1) is 10.2 Å². The van der Waals surface area contributed by atoms with Crippen LogP contribution >= 0.6 is 11.8 Å². The molecule has 0 saturated carbocycles. The van der Waals surface area contributed by atoms with Gasteiger partial charge in [0.15, 0.2) is 5.16 Å². The number of amides is 1. The third-order valence-electron chi connectivity index (χ3n) is 5.35. The van der Waals surface area contributed by atoms with Gasteiger partial charge in [-0.25, -0.2) is 4.57 Å². The SMILES string of the molecule is CCc1ccc(-n2c(=O)c3ccccc3n3c(SCC(=O)NC(C)CC)nnc23)cc1. The predicted octanol–water partition coefficient (Wildman–Crippen LogP) is 3.60. The van der Waals surface area contributed by atoms with Gasteiger partial charge in [0, 0.05) is 6.04 Å². The number of nitrogens with one attached hydrogen (secondary N) is 1. The van der Waals surface area contributed by atoms with Crippen molar-refractivity contribution in [1.82, 2.24) is 24.5 Å². The Kier molecular flexibility index (Phi) is 6.08. The second-order valence-corrected chi connectivity index (χ2v) is 8.40. The Morgan fingerprint density at radius 3 is 2.55 bits per heavy atom. The second-order valence-electron chi connectivity index (χ2n) is 7.46. The van der Waals surface area contributed by atoms with Crippen LogP contribution in [0.4, 0.5) is 0 Å². The van der Waals surface area contributed by atoms with Crippen molar-refractivity contribution in [2.75, 3.05) is 5.75 Å². The van der Waals surface area contributed by atoms with Crippen molar-refractivity contribution in [3.63, 3.8) is 0 Å². The van der Waals surface area contributed by atoms with Crippen LogP contribution < -0.4 is 10.9 Å². The van der Waals surface area contributed by atoms with Gasteiger partial charge < -0.3 is 5.32 Å². The summed E-state index contributed by atoms with van der Waals surface area (Å²) in [6.07, 6.45) is 1.80. The average Bonchev–Trinajstić information content (AvgIpc) is 3.22. The number of benzene rings is 2. The number of nitrogens with zero attached hydrogens (tertiary/aromatic N) is 4. The van der Waals surface area contributed by atoms with Crippen molar-refractivity contribution in [1.29, 1.82) is 0 Å². The Morgan fingerprint density at radius 1 is 1.10 bits per heavy atom. The van der Waals surface area contributed by atoms with E-state index in [1.165, 1.54) is 17.3 Å². The molecule has 7 nitrogen and oxygen atoms in total. The molecule has 2 aromatic carbocycles. The summed E-state index contributed by atoms with van der Waals surface area (Å²) in [6, 6.07) is 15.4. The normalized spacial score (nSPS) is 12.4. The molecule has 31 heavy (non-hydrogen) atoms. The zero-order valence-electron chi connectivity index (χ0n) is 17.8. The number of aryl methyl sites for hydroxylation is 1. The molecule has 4 rings (SSSR count). The summed E-state index contributed by atoms with van der Waals surface area (Å²) in [6.45, 7) is 6.10. The summed E-state index contributed by atoms with van der Waals surface area (Å²) in [7, 11) is 0. The predicted molar refractivity (Wildman–Crippen MR) is 124 cm³/mol. The minimum Gasteiger partial charge on any atom is -0.353 e. The van der Waals surface area contributed by atoms with Crippen molar-refractivity contribution >= 4 is 34.3 Å². The van der Waals surface area contributed by atoms with E-state index in [-0.39, 0.29) is 23.3 Å². The summed E-state index contributed by atoms with van der Waals surface area (Å²) in [5, 5.41) is 12.7. The summed E-state index contributed by atoms with van der Waals surface area (Å²) < 4.78 is 3.43. The Hall–Kier alpha value is -3.13. The maximum atomic E-state index is 13.3. The van der Waals surface area contributed by atoms with Gasteiger partial charge in [-0.3, -0.25) is 14.0 Å². The molecule has 8 heteroatoms. The van der Waals surface area contributed by atoms with Crippen molar-refractivity contribution in [2.24, 2.45) is 0 Å². The van der Waals surface area contributed by atoms with Crippen molar-refractivity contribution in [2.45, 2.75) is 44.8 Å². The first kappa shape index (κ1) is 21.1. The van der Waals surface area contributed by atoms with Crippen LogP contribution in [0.5, 0.6) is 0 Å². The lowest BCUT2D eigenvalue weighted by molar-refractivity contribution is -0.119. The topological polar surface area (TPSA) is 81.3 Å². The highest BCUT2D eigenvalue weighted by Crippen LogP contribution is 2.23. The molecule has 1 atom stereocenters. The quantitative estimate of drug-likeness (QED) is 0.449. The maximum Gasteiger partial charge on any atom is 0.267 e. The molecular formula is C23H25N5O2S. The van der Waals surface area contributed by atoms with E-state index >= 15 is 0 Å². The van der Waals surface area contributed by atoms with E-state index in [1.807, 2.05) is 60.7 Å². The van der Waals surface area contributed by atoms with Crippen LogP contribution in [0.2, 0.25) is 0 Å². The lowest BCUT2D eigenvalue weighted by Crippen LogP contribution is -2.33. The lowest BCUT2D eigenvalue weighted by Gasteiger charge is -2.12. The second kappa shape index (κ2) is 8.93. The van der Waals surface area contributed by atoms with E-state index in [0.29, 0.717) is 16.3 Å². The molecule has 1 unspecified atom stereocenters.